The Balaban J connectivity index is 2.34. The summed E-state index contributed by atoms with van der Waals surface area (Å²) in [7, 11) is 0. The highest BCUT2D eigenvalue weighted by atomic mass is 15.0. The van der Waals surface area contributed by atoms with Gasteiger partial charge in [0.2, 0.25) is 0 Å². The standard InChI is InChI=1S/C16H14N4/c1-11-3-4-14-19-15(13-5-7-18-8-6-13)16(12(2)9-17)20(14)10-11/h3-8,10,12H,1-2H3. The summed E-state index contributed by atoms with van der Waals surface area (Å²) in [4.78, 5) is 8.71. The first-order chi connectivity index (χ1) is 9.70. The Bertz CT molecular complexity index is 796. The second kappa shape index (κ2) is 4.78. The number of imidazole rings is 1. The number of rotatable bonds is 2. The quantitative estimate of drug-likeness (QED) is 0.711. The highest BCUT2D eigenvalue weighted by Gasteiger charge is 2.19. The van der Waals surface area contributed by atoms with Gasteiger partial charge in [-0.1, -0.05) is 6.07 Å². The third-order valence-electron chi connectivity index (χ3n) is 3.36. The monoisotopic (exact) mass is 262 g/mol. The van der Waals surface area contributed by atoms with Crippen molar-refractivity contribution >= 4 is 5.65 Å². The van der Waals surface area contributed by atoms with Crippen LogP contribution in [0.3, 0.4) is 0 Å². The van der Waals surface area contributed by atoms with Crippen LogP contribution in [0.4, 0.5) is 0 Å². The molecule has 0 N–H and O–H groups in total. The van der Waals surface area contributed by atoms with Gasteiger partial charge in [-0.3, -0.25) is 4.98 Å². The Kier molecular flexibility index (Phi) is 2.96. The molecule has 3 heterocycles. The summed E-state index contributed by atoms with van der Waals surface area (Å²) >= 11 is 0. The van der Waals surface area contributed by atoms with E-state index in [1.807, 2.05) is 48.7 Å². The van der Waals surface area contributed by atoms with Crippen LogP contribution in [0.2, 0.25) is 0 Å². The molecular weight excluding hydrogens is 248 g/mol. The summed E-state index contributed by atoms with van der Waals surface area (Å²) < 4.78 is 2.01. The van der Waals surface area contributed by atoms with Crippen molar-refractivity contribution in [2.24, 2.45) is 0 Å². The molecule has 0 aromatic carbocycles. The Hall–Kier alpha value is -2.67. The summed E-state index contributed by atoms with van der Waals surface area (Å²) in [5.74, 6) is -0.227. The maximum atomic E-state index is 9.30. The van der Waals surface area contributed by atoms with Crippen LogP contribution in [0.5, 0.6) is 0 Å². The van der Waals surface area contributed by atoms with Crippen LogP contribution in [-0.2, 0) is 0 Å². The molecule has 0 bridgehead atoms. The van der Waals surface area contributed by atoms with E-state index >= 15 is 0 Å². The van der Waals surface area contributed by atoms with Crippen LogP contribution in [0, 0.1) is 18.3 Å². The Morgan fingerprint density at radius 2 is 1.95 bits per heavy atom. The van der Waals surface area contributed by atoms with Crippen LogP contribution >= 0.6 is 0 Å². The smallest absolute Gasteiger partial charge is 0.137 e. The van der Waals surface area contributed by atoms with E-state index in [2.05, 4.69) is 16.0 Å². The first-order valence-electron chi connectivity index (χ1n) is 6.49. The zero-order valence-corrected chi connectivity index (χ0v) is 11.4. The van der Waals surface area contributed by atoms with Gasteiger partial charge < -0.3 is 4.40 Å². The number of nitriles is 1. The van der Waals surface area contributed by atoms with Gasteiger partial charge in [0, 0.05) is 24.2 Å². The molecular formula is C16H14N4. The third kappa shape index (κ3) is 1.94. The van der Waals surface area contributed by atoms with Crippen molar-refractivity contribution in [2.45, 2.75) is 19.8 Å². The van der Waals surface area contributed by atoms with E-state index in [1.54, 1.807) is 12.4 Å². The van der Waals surface area contributed by atoms with Crippen molar-refractivity contribution in [3.63, 3.8) is 0 Å². The number of nitrogens with zero attached hydrogens (tertiary/aromatic N) is 4. The fourth-order valence-electron chi connectivity index (χ4n) is 2.37. The molecule has 20 heavy (non-hydrogen) atoms. The number of pyridine rings is 2. The molecule has 98 valence electrons. The van der Waals surface area contributed by atoms with E-state index in [9.17, 15) is 5.26 Å². The molecule has 0 amide bonds. The van der Waals surface area contributed by atoms with Crippen molar-refractivity contribution in [3.8, 4) is 17.3 Å². The van der Waals surface area contributed by atoms with Crippen molar-refractivity contribution in [1.29, 1.82) is 5.26 Å². The van der Waals surface area contributed by atoms with Gasteiger partial charge in [0.15, 0.2) is 0 Å². The van der Waals surface area contributed by atoms with Gasteiger partial charge in [0.25, 0.3) is 0 Å². The summed E-state index contributed by atoms with van der Waals surface area (Å²) in [6.07, 6.45) is 5.51. The zero-order valence-electron chi connectivity index (χ0n) is 11.4. The van der Waals surface area contributed by atoms with Crippen molar-refractivity contribution in [3.05, 3.63) is 54.1 Å². The maximum absolute atomic E-state index is 9.30. The second-order valence-electron chi connectivity index (χ2n) is 4.87. The predicted molar refractivity (Wildman–Crippen MR) is 77.2 cm³/mol. The van der Waals surface area contributed by atoms with Gasteiger partial charge in [-0.15, -0.1) is 0 Å². The lowest BCUT2D eigenvalue weighted by molar-refractivity contribution is 0.897. The summed E-state index contributed by atoms with van der Waals surface area (Å²) in [6.45, 7) is 3.93. The van der Waals surface area contributed by atoms with E-state index in [0.29, 0.717) is 0 Å². The lowest BCUT2D eigenvalue weighted by Crippen LogP contribution is -1.99. The van der Waals surface area contributed by atoms with Gasteiger partial charge in [-0.05, 0) is 37.6 Å². The number of hydrogen-bond donors (Lipinski definition) is 0. The third-order valence-corrected chi connectivity index (χ3v) is 3.36. The van der Waals surface area contributed by atoms with Crippen LogP contribution in [0.25, 0.3) is 16.9 Å². The zero-order chi connectivity index (χ0) is 14.1. The second-order valence-corrected chi connectivity index (χ2v) is 4.87. The van der Waals surface area contributed by atoms with Crippen LogP contribution < -0.4 is 0 Å². The molecule has 0 aliphatic carbocycles. The topological polar surface area (TPSA) is 54.0 Å². The van der Waals surface area contributed by atoms with E-state index in [4.69, 9.17) is 0 Å². The molecule has 4 nitrogen and oxygen atoms in total. The fourth-order valence-corrected chi connectivity index (χ4v) is 2.37. The molecule has 1 unspecified atom stereocenters. The van der Waals surface area contributed by atoms with Gasteiger partial charge in [0.05, 0.1) is 23.4 Å². The Morgan fingerprint density at radius 3 is 2.65 bits per heavy atom. The average Bonchev–Trinajstić information content (AvgIpc) is 2.86. The van der Waals surface area contributed by atoms with Crippen molar-refractivity contribution in [2.75, 3.05) is 0 Å². The van der Waals surface area contributed by atoms with E-state index in [-0.39, 0.29) is 5.92 Å². The predicted octanol–water partition coefficient (Wildman–Crippen LogP) is 3.33. The van der Waals surface area contributed by atoms with E-state index in [1.165, 1.54) is 0 Å². The number of aryl methyl sites for hydroxylation is 1. The molecule has 0 aliphatic heterocycles. The summed E-state index contributed by atoms with van der Waals surface area (Å²) in [5.41, 5.74) is 4.77. The lowest BCUT2D eigenvalue weighted by Gasteiger charge is -2.07. The number of fused-ring (bicyclic) bond motifs is 1. The van der Waals surface area contributed by atoms with Crippen molar-refractivity contribution < 1.29 is 0 Å². The normalized spacial score (nSPS) is 12.2. The number of hydrogen-bond acceptors (Lipinski definition) is 3. The van der Waals surface area contributed by atoms with Crippen LogP contribution in [0.1, 0.15) is 24.1 Å². The average molecular weight is 262 g/mol. The summed E-state index contributed by atoms with van der Waals surface area (Å²) in [5, 5.41) is 9.30. The van der Waals surface area contributed by atoms with Gasteiger partial charge in [-0.25, -0.2) is 4.98 Å². The van der Waals surface area contributed by atoms with E-state index < -0.39 is 0 Å². The minimum absolute atomic E-state index is 0.227. The molecule has 4 heteroatoms. The Morgan fingerprint density at radius 1 is 1.20 bits per heavy atom. The highest BCUT2D eigenvalue weighted by molar-refractivity contribution is 5.67. The van der Waals surface area contributed by atoms with Gasteiger partial charge >= 0.3 is 0 Å². The lowest BCUT2D eigenvalue weighted by atomic mass is 10.0. The highest BCUT2D eigenvalue weighted by Crippen LogP contribution is 2.29. The fraction of sp³-hybridized carbons (Fsp3) is 0.188. The molecule has 0 fully saturated rings. The molecule has 0 saturated carbocycles. The summed E-state index contributed by atoms with van der Waals surface area (Å²) in [6, 6.07) is 10.2. The molecule has 0 saturated heterocycles. The molecule has 0 radical (unpaired) electrons. The molecule has 3 rings (SSSR count). The maximum Gasteiger partial charge on any atom is 0.137 e. The van der Waals surface area contributed by atoms with E-state index in [0.717, 1.165) is 28.2 Å². The largest absolute Gasteiger partial charge is 0.302 e. The molecule has 3 aromatic heterocycles. The van der Waals surface area contributed by atoms with Crippen molar-refractivity contribution in [1.82, 2.24) is 14.4 Å². The molecule has 0 spiro atoms. The minimum Gasteiger partial charge on any atom is -0.302 e. The number of aromatic nitrogens is 3. The minimum atomic E-state index is -0.227. The Labute approximate surface area is 117 Å². The van der Waals surface area contributed by atoms with Gasteiger partial charge in [0.1, 0.15) is 5.65 Å². The van der Waals surface area contributed by atoms with Crippen LogP contribution in [-0.4, -0.2) is 14.4 Å². The first-order valence-corrected chi connectivity index (χ1v) is 6.49. The molecule has 1 atom stereocenters. The first kappa shape index (κ1) is 12.4. The molecule has 3 aromatic rings. The SMILES string of the molecule is Cc1ccc2nc(-c3ccncc3)c(C(C)C#N)n2c1. The van der Waals surface area contributed by atoms with Gasteiger partial charge in [-0.2, -0.15) is 5.26 Å². The van der Waals surface area contributed by atoms with Crippen LogP contribution in [0.15, 0.2) is 42.9 Å². The molecule has 0 aliphatic rings.